The first-order valence-corrected chi connectivity index (χ1v) is 6.53. The number of ether oxygens (including phenoxy) is 1. The van der Waals surface area contributed by atoms with Crippen LogP contribution >= 0.6 is 0 Å². The van der Waals surface area contributed by atoms with Gasteiger partial charge in [-0.3, -0.25) is 4.79 Å². The maximum Gasteiger partial charge on any atom is 0.316 e. The molecule has 1 aliphatic rings. The largest absolute Gasteiger partial charge is 0.465 e. The fourth-order valence-electron chi connectivity index (χ4n) is 2.18. The van der Waals surface area contributed by atoms with E-state index in [1.165, 1.54) is 0 Å². The lowest BCUT2D eigenvalue weighted by molar-refractivity contribution is -0.147. The summed E-state index contributed by atoms with van der Waals surface area (Å²) < 4.78 is 5.41. The van der Waals surface area contributed by atoms with E-state index in [-0.39, 0.29) is 11.4 Å². The van der Waals surface area contributed by atoms with Gasteiger partial charge in [0.05, 0.1) is 12.0 Å². The molecule has 3 nitrogen and oxygen atoms in total. The molecule has 18 heavy (non-hydrogen) atoms. The van der Waals surface area contributed by atoms with Gasteiger partial charge >= 0.3 is 5.97 Å². The molecule has 2 rings (SSSR count). The average Bonchev–Trinajstić information content (AvgIpc) is 3.17. The maximum atomic E-state index is 12.1. The van der Waals surface area contributed by atoms with Crippen LogP contribution < -0.4 is 0 Å². The predicted molar refractivity (Wildman–Crippen MR) is 71.5 cm³/mol. The van der Waals surface area contributed by atoms with Gasteiger partial charge in [-0.1, -0.05) is 30.3 Å². The molecule has 0 atom stereocenters. The number of carbonyl (C=O) groups excluding carboxylic acids is 1. The molecule has 0 N–H and O–H groups in total. The van der Waals surface area contributed by atoms with Crippen LogP contribution in [0.5, 0.6) is 0 Å². The molecule has 1 aromatic rings. The third-order valence-corrected chi connectivity index (χ3v) is 3.45. The zero-order valence-corrected chi connectivity index (χ0v) is 11.2. The summed E-state index contributed by atoms with van der Waals surface area (Å²) in [6.45, 7) is 1.47. The van der Waals surface area contributed by atoms with Crippen LogP contribution in [-0.2, 0) is 14.9 Å². The summed E-state index contributed by atoms with van der Waals surface area (Å²) in [5.41, 5.74) is 0.766. The summed E-state index contributed by atoms with van der Waals surface area (Å²) >= 11 is 0. The summed E-state index contributed by atoms with van der Waals surface area (Å²) in [6.07, 6.45) is 2.73. The lowest BCUT2D eigenvalue weighted by Gasteiger charge is -2.15. The van der Waals surface area contributed by atoms with Gasteiger partial charge in [0.25, 0.3) is 0 Å². The third kappa shape index (κ3) is 2.91. The zero-order valence-electron chi connectivity index (χ0n) is 11.2. The van der Waals surface area contributed by atoms with Gasteiger partial charge in [-0.25, -0.2) is 0 Å². The number of hydrogen-bond donors (Lipinski definition) is 0. The van der Waals surface area contributed by atoms with Gasteiger partial charge in [0.1, 0.15) is 0 Å². The summed E-state index contributed by atoms with van der Waals surface area (Å²) in [5, 5.41) is 0. The van der Waals surface area contributed by atoms with Crippen LogP contribution in [0.15, 0.2) is 30.3 Å². The Balaban J connectivity index is 1.86. The highest BCUT2D eigenvalue weighted by atomic mass is 16.5. The molecule has 0 aromatic heterocycles. The Bertz CT molecular complexity index is 396. The lowest BCUT2D eigenvalue weighted by atomic mass is 9.96. The molecule has 3 heteroatoms. The van der Waals surface area contributed by atoms with E-state index in [2.05, 4.69) is 4.90 Å². The first kappa shape index (κ1) is 13.1. The molecule has 0 saturated heterocycles. The number of esters is 1. The van der Waals surface area contributed by atoms with Crippen LogP contribution in [0.4, 0.5) is 0 Å². The molecule has 0 spiro atoms. The summed E-state index contributed by atoms with van der Waals surface area (Å²) in [5.74, 6) is -0.0487. The van der Waals surface area contributed by atoms with Crippen molar-refractivity contribution < 1.29 is 9.53 Å². The minimum atomic E-state index is -0.334. The molecule has 1 aliphatic carbocycles. The fourth-order valence-corrected chi connectivity index (χ4v) is 2.18. The SMILES string of the molecule is CN(C)CCCOC(=O)C1(c2ccccc2)CC1. The van der Waals surface area contributed by atoms with Gasteiger partial charge in [-0.15, -0.1) is 0 Å². The van der Waals surface area contributed by atoms with E-state index in [1.807, 2.05) is 44.4 Å². The number of carbonyl (C=O) groups is 1. The fraction of sp³-hybridized carbons (Fsp3) is 0.533. The molecule has 98 valence electrons. The van der Waals surface area contributed by atoms with Crippen LogP contribution in [0.2, 0.25) is 0 Å². The molecule has 1 fully saturated rings. The first-order chi connectivity index (χ1) is 8.65. The monoisotopic (exact) mass is 247 g/mol. The molecule has 0 bridgehead atoms. The molecule has 0 amide bonds. The summed E-state index contributed by atoms with van der Waals surface area (Å²) in [7, 11) is 4.04. The standard InChI is InChI=1S/C15H21NO2/c1-16(2)11-6-12-18-14(17)15(9-10-15)13-7-4-3-5-8-13/h3-5,7-8H,6,9-12H2,1-2H3. The first-order valence-electron chi connectivity index (χ1n) is 6.53. The quantitative estimate of drug-likeness (QED) is 0.570. The van der Waals surface area contributed by atoms with E-state index in [9.17, 15) is 4.79 Å². The Kier molecular flexibility index (Phi) is 4.02. The van der Waals surface area contributed by atoms with E-state index < -0.39 is 0 Å². The Labute approximate surface area is 109 Å². The molecule has 1 saturated carbocycles. The second kappa shape index (κ2) is 5.53. The van der Waals surface area contributed by atoms with Crippen molar-refractivity contribution in [2.24, 2.45) is 0 Å². The highest BCUT2D eigenvalue weighted by molar-refractivity contribution is 5.86. The van der Waals surface area contributed by atoms with Crippen LogP contribution in [-0.4, -0.2) is 38.1 Å². The van der Waals surface area contributed by atoms with Gasteiger partial charge in [-0.05, 0) is 38.9 Å². The molecule has 0 heterocycles. The molecular weight excluding hydrogens is 226 g/mol. The highest BCUT2D eigenvalue weighted by Crippen LogP contribution is 2.49. The van der Waals surface area contributed by atoms with E-state index in [4.69, 9.17) is 4.74 Å². The Morgan fingerprint density at radius 1 is 1.28 bits per heavy atom. The van der Waals surface area contributed by atoms with Crippen molar-refractivity contribution in [1.29, 1.82) is 0 Å². The normalized spacial score (nSPS) is 16.6. The van der Waals surface area contributed by atoms with Crippen molar-refractivity contribution in [2.45, 2.75) is 24.7 Å². The predicted octanol–water partition coefficient (Wildman–Crippen LogP) is 2.21. The number of benzene rings is 1. The van der Waals surface area contributed by atoms with Crippen LogP contribution in [0.3, 0.4) is 0 Å². The van der Waals surface area contributed by atoms with Gasteiger partial charge in [0.15, 0.2) is 0 Å². The van der Waals surface area contributed by atoms with E-state index in [0.717, 1.165) is 31.4 Å². The van der Waals surface area contributed by atoms with Gasteiger partial charge in [0, 0.05) is 6.54 Å². The smallest absolute Gasteiger partial charge is 0.316 e. The second-order valence-electron chi connectivity index (χ2n) is 5.24. The molecule has 0 aliphatic heterocycles. The lowest BCUT2D eigenvalue weighted by Crippen LogP contribution is -2.24. The zero-order chi connectivity index (χ0) is 13.0. The minimum Gasteiger partial charge on any atom is -0.465 e. The van der Waals surface area contributed by atoms with Crippen molar-refractivity contribution in [3.63, 3.8) is 0 Å². The van der Waals surface area contributed by atoms with Crippen molar-refractivity contribution in [2.75, 3.05) is 27.2 Å². The number of hydrogen-bond acceptors (Lipinski definition) is 3. The summed E-state index contributed by atoms with van der Waals surface area (Å²) in [6, 6.07) is 9.98. The van der Waals surface area contributed by atoms with Crippen LogP contribution in [0.1, 0.15) is 24.8 Å². The maximum absolute atomic E-state index is 12.1. The Hall–Kier alpha value is -1.35. The van der Waals surface area contributed by atoms with Gasteiger partial charge < -0.3 is 9.64 Å². The van der Waals surface area contributed by atoms with Gasteiger partial charge in [0.2, 0.25) is 0 Å². The topological polar surface area (TPSA) is 29.5 Å². The number of nitrogens with zero attached hydrogens (tertiary/aromatic N) is 1. The molecule has 0 radical (unpaired) electrons. The van der Waals surface area contributed by atoms with Gasteiger partial charge in [-0.2, -0.15) is 0 Å². The second-order valence-corrected chi connectivity index (χ2v) is 5.24. The Morgan fingerprint density at radius 3 is 2.50 bits per heavy atom. The number of rotatable bonds is 6. The van der Waals surface area contributed by atoms with Crippen molar-refractivity contribution in [3.8, 4) is 0 Å². The van der Waals surface area contributed by atoms with E-state index in [1.54, 1.807) is 0 Å². The third-order valence-electron chi connectivity index (χ3n) is 3.45. The van der Waals surface area contributed by atoms with Crippen LogP contribution in [0.25, 0.3) is 0 Å². The van der Waals surface area contributed by atoms with Crippen molar-refractivity contribution in [1.82, 2.24) is 4.90 Å². The molecule has 1 aromatic carbocycles. The highest BCUT2D eigenvalue weighted by Gasteiger charge is 2.52. The molecular formula is C15H21NO2. The van der Waals surface area contributed by atoms with Crippen molar-refractivity contribution in [3.05, 3.63) is 35.9 Å². The van der Waals surface area contributed by atoms with Crippen molar-refractivity contribution >= 4 is 5.97 Å². The van der Waals surface area contributed by atoms with Crippen LogP contribution in [0, 0.1) is 0 Å². The van der Waals surface area contributed by atoms with E-state index >= 15 is 0 Å². The average molecular weight is 247 g/mol. The minimum absolute atomic E-state index is 0.0487. The molecule has 0 unspecified atom stereocenters. The summed E-state index contributed by atoms with van der Waals surface area (Å²) in [4.78, 5) is 14.2. The van der Waals surface area contributed by atoms with E-state index in [0.29, 0.717) is 6.61 Å². The Morgan fingerprint density at radius 2 is 1.94 bits per heavy atom.